The summed E-state index contributed by atoms with van der Waals surface area (Å²) in [6.07, 6.45) is -0.206. The molecule has 2 aromatic rings. The molecule has 3 rings (SSSR count). The van der Waals surface area contributed by atoms with E-state index in [-0.39, 0.29) is 24.4 Å². The molecule has 1 aliphatic rings. The van der Waals surface area contributed by atoms with Crippen LogP contribution in [-0.4, -0.2) is 24.4 Å². The van der Waals surface area contributed by atoms with E-state index in [1.54, 1.807) is 25.3 Å². The van der Waals surface area contributed by atoms with Crippen LogP contribution in [0.1, 0.15) is 35.6 Å². The van der Waals surface area contributed by atoms with Gasteiger partial charge in [-0.05, 0) is 35.4 Å². The maximum Gasteiger partial charge on any atom is 0.165 e. The maximum absolute atomic E-state index is 9.75. The number of rotatable bonds is 4. The molecule has 1 aliphatic heterocycles. The van der Waals surface area contributed by atoms with Crippen LogP contribution in [0.15, 0.2) is 30.3 Å². The van der Waals surface area contributed by atoms with Crippen molar-refractivity contribution >= 4 is 0 Å². The van der Waals surface area contributed by atoms with Crippen molar-refractivity contribution in [1.82, 2.24) is 0 Å². The van der Waals surface area contributed by atoms with E-state index in [1.165, 1.54) is 7.11 Å². The number of fused-ring (bicyclic) bond motifs is 1. The summed E-state index contributed by atoms with van der Waals surface area (Å²) < 4.78 is 16.7. The van der Waals surface area contributed by atoms with Crippen LogP contribution in [0.4, 0.5) is 0 Å². The van der Waals surface area contributed by atoms with Gasteiger partial charge >= 0.3 is 0 Å². The first-order valence-electron chi connectivity index (χ1n) is 7.44. The molecule has 0 bridgehead atoms. The van der Waals surface area contributed by atoms with Crippen molar-refractivity contribution in [2.45, 2.75) is 25.6 Å². The number of aromatic hydroxyl groups is 1. The van der Waals surface area contributed by atoms with Crippen molar-refractivity contribution in [2.24, 2.45) is 0 Å². The van der Waals surface area contributed by atoms with Gasteiger partial charge in [0.15, 0.2) is 23.0 Å². The Kier molecular flexibility index (Phi) is 4.05. The van der Waals surface area contributed by atoms with E-state index in [9.17, 15) is 10.2 Å². The molecule has 0 radical (unpaired) electrons. The highest BCUT2D eigenvalue weighted by Gasteiger charge is 2.35. The quantitative estimate of drug-likeness (QED) is 0.907. The molecular formula is C18H20O5. The van der Waals surface area contributed by atoms with Crippen molar-refractivity contribution in [2.75, 3.05) is 14.2 Å². The lowest BCUT2D eigenvalue weighted by molar-refractivity contribution is 0.207. The molecule has 5 nitrogen and oxygen atoms in total. The van der Waals surface area contributed by atoms with Gasteiger partial charge in [0.05, 0.1) is 20.8 Å². The van der Waals surface area contributed by atoms with Crippen LogP contribution >= 0.6 is 0 Å². The molecule has 0 spiro atoms. The van der Waals surface area contributed by atoms with E-state index < -0.39 is 0 Å². The predicted molar refractivity (Wildman–Crippen MR) is 85.4 cm³/mol. The monoisotopic (exact) mass is 316 g/mol. The first kappa shape index (κ1) is 15.5. The van der Waals surface area contributed by atoms with Gasteiger partial charge in [0.1, 0.15) is 6.10 Å². The second-order valence-corrected chi connectivity index (χ2v) is 5.63. The lowest BCUT2D eigenvalue weighted by atomic mass is 9.91. The number of aliphatic hydroxyl groups is 1. The van der Waals surface area contributed by atoms with Gasteiger partial charge in [-0.25, -0.2) is 0 Å². The average Bonchev–Trinajstić information content (AvgIpc) is 2.91. The minimum atomic E-state index is -0.206. The van der Waals surface area contributed by atoms with Crippen molar-refractivity contribution in [3.8, 4) is 23.0 Å². The smallest absolute Gasteiger partial charge is 0.165 e. The Morgan fingerprint density at radius 3 is 2.48 bits per heavy atom. The molecule has 2 atom stereocenters. The zero-order valence-electron chi connectivity index (χ0n) is 13.4. The Morgan fingerprint density at radius 1 is 1.09 bits per heavy atom. The molecule has 0 saturated heterocycles. The Hall–Kier alpha value is -2.40. The number of ether oxygens (including phenoxy) is 3. The number of phenols is 1. The zero-order chi connectivity index (χ0) is 16.6. The fourth-order valence-electron chi connectivity index (χ4n) is 3.01. The molecule has 0 aromatic heterocycles. The van der Waals surface area contributed by atoms with Gasteiger partial charge in [0, 0.05) is 11.5 Å². The molecule has 0 fully saturated rings. The third-order valence-electron chi connectivity index (χ3n) is 4.27. The molecular weight excluding hydrogens is 296 g/mol. The van der Waals surface area contributed by atoms with Gasteiger partial charge < -0.3 is 24.4 Å². The molecule has 23 heavy (non-hydrogen) atoms. The van der Waals surface area contributed by atoms with Gasteiger partial charge in [-0.3, -0.25) is 0 Å². The highest BCUT2D eigenvalue weighted by atomic mass is 16.5. The van der Waals surface area contributed by atoms with Gasteiger partial charge in [-0.1, -0.05) is 13.0 Å². The second kappa shape index (κ2) is 6.01. The van der Waals surface area contributed by atoms with Gasteiger partial charge in [-0.2, -0.15) is 0 Å². The van der Waals surface area contributed by atoms with Gasteiger partial charge in [0.25, 0.3) is 0 Å². The third-order valence-corrected chi connectivity index (χ3v) is 4.27. The highest BCUT2D eigenvalue weighted by Crippen LogP contribution is 2.51. The summed E-state index contributed by atoms with van der Waals surface area (Å²) in [7, 11) is 3.10. The summed E-state index contributed by atoms with van der Waals surface area (Å²) in [5, 5.41) is 19.2. The van der Waals surface area contributed by atoms with Gasteiger partial charge in [-0.15, -0.1) is 0 Å². The van der Waals surface area contributed by atoms with Crippen molar-refractivity contribution in [3.63, 3.8) is 0 Å². The minimum absolute atomic E-state index is 0.0476. The first-order chi connectivity index (χ1) is 11.1. The van der Waals surface area contributed by atoms with E-state index in [0.29, 0.717) is 17.2 Å². The Morgan fingerprint density at radius 2 is 1.83 bits per heavy atom. The molecule has 2 unspecified atom stereocenters. The van der Waals surface area contributed by atoms with Crippen molar-refractivity contribution < 1.29 is 24.4 Å². The highest BCUT2D eigenvalue weighted by molar-refractivity contribution is 5.55. The summed E-state index contributed by atoms with van der Waals surface area (Å²) in [6.45, 7) is 2.02. The third kappa shape index (κ3) is 2.57. The molecule has 0 aliphatic carbocycles. The number of methoxy groups -OCH3 is 2. The van der Waals surface area contributed by atoms with Crippen LogP contribution in [0, 0.1) is 0 Å². The van der Waals surface area contributed by atoms with Crippen LogP contribution in [0.25, 0.3) is 0 Å². The molecule has 0 amide bonds. The minimum Gasteiger partial charge on any atom is -0.504 e. The Bertz CT molecular complexity index is 726. The van der Waals surface area contributed by atoms with Crippen LogP contribution in [0.2, 0.25) is 0 Å². The number of benzene rings is 2. The molecule has 2 N–H and O–H groups in total. The van der Waals surface area contributed by atoms with E-state index in [4.69, 9.17) is 14.2 Å². The van der Waals surface area contributed by atoms with Crippen LogP contribution < -0.4 is 14.2 Å². The fraction of sp³-hybridized carbons (Fsp3) is 0.333. The van der Waals surface area contributed by atoms with E-state index >= 15 is 0 Å². The molecule has 5 heteroatoms. The average molecular weight is 316 g/mol. The van der Waals surface area contributed by atoms with E-state index in [0.717, 1.165) is 16.7 Å². The van der Waals surface area contributed by atoms with Crippen molar-refractivity contribution in [1.29, 1.82) is 0 Å². The lowest BCUT2D eigenvalue weighted by Crippen LogP contribution is -2.07. The first-order valence-corrected chi connectivity index (χ1v) is 7.44. The lowest BCUT2D eigenvalue weighted by Gasteiger charge is -2.17. The summed E-state index contributed by atoms with van der Waals surface area (Å²) >= 11 is 0. The number of hydrogen-bond acceptors (Lipinski definition) is 5. The van der Waals surface area contributed by atoms with Crippen LogP contribution in [-0.2, 0) is 6.61 Å². The summed E-state index contributed by atoms with van der Waals surface area (Å²) in [4.78, 5) is 0. The summed E-state index contributed by atoms with van der Waals surface area (Å²) in [5.41, 5.74) is 2.71. The maximum atomic E-state index is 9.75. The predicted octanol–water partition coefficient (Wildman–Crippen LogP) is 3.14. The zero-order valence-corrected chi connectivity index (χ0v) is 13.4. The topological polar surface area (TPSA) is 68.2 Å². The molecule has 0 saturated carbocycles. The summed E-state index contributed by atoms with van der Waals surface area (Å²) in [6, 6.07) is 8.93. The largest absolute Gasteiger partial charge is 0.504 e. The number of phenolic OH excluding ortho intramolecular Hbond substituents is 1. The summed E-state index contributed by atoms with van der Waals surface area (Å²) in [5.74, 6) is 1.91. The normalized spacial score (nSPS) is 19.1. The molecule has 1 heterocycles. The second-order valence-electron chi connectivity index (χ2n) is 5.63. The van der Waals surface area contributed by atoms with E-state index in [1.807, 2.05) is 12.1 Å². The van der Waals surface area contributed by atoms with Crippen LogP contribution in [0.3, 0.4) is 0 Å². The number of hydrogen-bond donors (Lipinski definition) is 2. The Labute approximate surface area is 135 Å². The van der Waals surface area contributed by atoms with E-state index in [2.05, 4.69) is 6.92 Å². The number of aliphatic hydroxyl groups excluding tert-OH is 1. The standard InChI is InChI=1S/C18H20O5/c1-10-13-6-11(9-19)7-16(22-3)18(13)23-17(10)12-4-5-14(20)15(8-12)21-2/h4-8,10,17,19-20H,9H2,1-3H3. The fourth-order valence-corrected chi connectivity index (χ4v) is 3.01. The molecule has 122 valence electrons. The molecule has 2 aromatic carbocycles. The SMILES string of the molecule is COc1cc(C2Oc3c(OC)cc(CO)cc3C2C)ccc1O. The Balaban J connectivity index is 2.02. The van der Waals surface area contributed by atoms with Crippen molar-refractivity contribution in [3.05, 3.63) is 47.0 Å². The van der Waals surface area contributed by atoms with Gasteiger partial charge in [0.2, 0.25) is 0 Å². The van der Waals surface area contributed by atoms with Crippen LogP contribution in [0.5, 0.6) is 23.0 Å².